The summed E-state index contributed by atoms with van der Waals surface area (Å²) in [5.74, 6) is 0.793. The minimum absolute atomic E-state index is 0.793. The molecule has 0 spiro atoms. The van der Waals surface area contributed by atoms with Gasteiger partial charge < -0.3 is 0 Å². The smallest absolute Gasteiger partial charge is 0.183 e. The van der Waals surface area contributed by atoms with Gasteiger partial charge in [-0.2, -0.15) is 10.2 Å². The van der Waals surface area contributed by atoms with Crippen LogP contribution in [0.5, 0.6) is 0 Å². The number of hydrogen-bond donors (Lipinski definition) is 0. The van der Waals surface area contributed by atoms with Crippen LogP contribution in [0.3, 0.4) is 0 Å². The highest BCUT2D eigenvalue weighted by molar-refractivity contribution is 5.89. The van der Waals surface area contributed by atoms with Crippen LogP contribution in [0.25, 0.3) is 16.6 Å². The van der Waals surface area contributed by atoms with Crippen LogP contribution >= 0.6 is 0 Å². The van der Waals surface area contributed by atoms with Crippen molar-refractivity contribution in [1.29, 1.82) is 0 Å². The van der Waals surface area contributed by atoms with E-state index in [4.69, 9.17) is 0 Å². The predicted molar refractivity (Wildman–Crippen MR) is 70.9 cm³/mol. The lowest BCUT2D eigenvalue weighted by Gasteiger charge is -2.08. The summed E-state index contributed by atoms with van der Waals surface area (Å²) < 4.78 is 1.85. The molecule has 4 heteroatoms. The lowest BCUT2D eigenvalue weighted by Crippen LogP contribution is -2.05. The van der Waals surface area contributed by atoms with Crippen LogP contribution in [0.2, 0.25) is 0 Å². The zero-order valence-corrected chi connectivity index (χ0v) is 10.7. The molecule has 0 fully saturated rings. The number of aromatic nitrogens is 4. The second kappa shape index (κ2) is 3.91. The van der Waals surface area contributed by atoms with E-state index in [1.54, 1.807) is 0 Å². The Morgan fingerprint density at radius 3 is 2.33 bits per heavy atom. The van der Waals surface area contributed by atoms with Crippen molar-refractivity contribution in [3.8, 4) is 5.82 Å². The normalized spacial score (nSPS) is 11.1. The molecule has 0 aliphatic carbocycles. The standard InChI is InChI=1S/C14H14N4/c1-9-8-10(2)18(17-9)14-13-7-5-4-6-12(13)11(3)15-16-14/h4-8H,1-3H3. The molecule has 3 rings (SSSR count). The van der Waals surface area contributed by atoms with Gasteiger partial charge in [-0.1, -0.05) is 24.3 Å². The van der Waals surface area contributed by atoms with E-state index in [0.29, 0.717) is 0 Å². The highest BCUT2D eigenvalue weighted by Crippen LogP contribution is 2.22. The average molecular weight is 238 g/mol. The first kappa shape index (κ1) is 10.9. The molecule has 1 aromatic carbocycles. The van der Waals surface area contributed by atoms with Crippen LogP contribution in [0.4, 0.5) is 0 Å². The lowest BCUT2D eigenvalue weighted by atomic mass is 10.1. The van der Waals surface area contributed by atoms with E-state index in [0.717, 1.165) is 33.7 Å². The third-order valence-corrected chi connectivity index (χ3v) is 3.06. The summed E-state index contributed by atoms with van der Waals surface area (Å²) in [4.78, 5) is 0. The number of benzene rings is 1. The number of hydrogen-bond acceptors (Lipinski definition) is 3. The van der Waals surface area contributed by atoms with Gasteiger partial charge in [-0.05, 0) is 26.8 Å². The fourth-order valence-corrected chi connectivity index (χ4v) is 2.22. The van der Waals surface area contributed by atoms with E-state index in [9.17, 15) is 0 Å². The highest BCUT2D eigenvalue weighted by atomic mass is 15.3. The molecule has 0 amide bonds. The Hall–Kier alpha value is -2.23. The van der Waals surface area contributed by atoms with Gasteiger partial charge in [0.15, 0.2) is 5.82 Å². The summed E-state index contributed by atoms with van der Waals surface area (Å²) in [6.45, 7) is 5.98. The first-order valence-electron chi connectivity index (χ1n) is 5.92. The van der Waals surface area contributed by atoms with E-state index in [1.165, 1.54) is 0 Å². The van der Waals surface area contributed by atoms with Gasteiger partial charge in [-0.15, -0.1) is 5.10 Å². The van der Waals surface area contributed by atoms with E-state index < -0.39 is 0 Å². The zero-order valence-electron chi connectivity index (χ0n) is 10.7. The van der Waals surface area contributed by atoms with Crippen molar-refractivity contribution < 1.29 is 0 Å². The predicted octanol–water partition coefficient (Wildman–Crippen LogP) is 2.74. The molecule has 0 saturated heterocycles. The SMILES string of the molecule is Cc1cc(C)n(-c2nnc(C)c3ccccc23)n1. The fourth-order valence-electron chi connectivity index (χ4n) is 2.22. The number of aryl methyl sites for hydroxylation is 3. The van der Waals surface area contributed by atoms with E-state index in [-0.39, 0.29) is 0 Å². The van der Waals surface area contributed by atoms with Gasteiger partial charge in [0.2, 0.25) is 0 Å². The van der Waals surface area contributed by atoms with Crippen molar-refractivity contribution in [2.24, 2.45) is 0 Å². The van der Waals surface area contributed by atoms with Crippen molar-refractivity contribution in [3.05, 3.63) is 47.4 Å². The molecular weight excluding hydrogens is 224 g/mol. The molecular formula is C14H14N4. The molecule has 0 bridgehead atoms. The summed E-state index contributed by atoms with van der Waals surface area (Å²) in [6.07, 6.45) is 0. The largest absolute Gasteiger partial charge is 0.217 e. The summed E-state index contributed by atoms with van der Waals surface area (Å²) >= 11 is 0. The average Bonchev–Trinajstić information content (AvgIpc) is 2.69. The van der Waals surface area contributed by atoms with Crippen molar-refractivity contribution in [2.45, 2.75) is 20.8 Å². The maximum atomic E-state index is 4.47. The van der Waals surface area contributed by atoms with Crippen molar-refractivity contribution in [3.63, 3.8) is 0 Å². The minimum Gasteiger partial charge on any atom is -0.217 e. The lowest BCUT2D eigenvalue weighted by molar-refractivity contribution is 0.786. The van der Waals surface area contributed by atoms with Crippen LogP contribution in [0.1, 0.15) is 17.1 Å². The molecule has 90 valence electrons. The topological polar surface area (TPSA) is 43.6 Å². The van der Waals surface area contributed by atoms with E-state index in [2.05, 4.69) is 27.4 Å². The molecule has 18 heavy (non-hydrogen) atoms. The Labute approximate surface area is 105 Å². The minimum atomic E-state index is 0.793. The fraction of sp³-hybridized carbons (Fsp3) is 0.214. The van der Waals surface area contributed by atoms with E-state index in [1.807, 2.05) is 43.7 Å². The number of rotatable bonds is 1. The number of fused-ring (bicyclic) bond motifs is 1. The maximum Gasteiger partial charge on any atom is 0.183 e. The Kier molecular flexibility index (Phi) is 2.37. The summed E-state index contributed by atoms with van der Waals surface area (Å²) in [7, 11) is 0. The van der Waals surface area contributed by atoms with Gasteiger partial charge in [-0.25, -0.2) is 4.68 Å². The first-order valence-corrected chi connectivity index (χ1v) is 5.92. The van der Waals surface area contributed by atoms with E-state index >= 15 is 0 Å². The van der Waals surface area contributed by atoms with Gasteiger partial charge >= 0.3 is 0 Å². The molecule has 2 heterocycles. The molecule has 2 aromatic heterocycles. The summed E-state index contributed by atoms with van der Waals surface area (Å²) in [5.41, 5.74) is 2.99. The third-order valence-electron chi connectivity index (χ3n) is 3.06. The molecule has 4 nitrogen and oxygen atoms in total. The van der Waals surface area contributed by atoms with Crippen molar-refractivity contribution in [1.82, 2.24) is 20.0 Å². The van der Waals surface area contributed by atoms with Gasteiger partial charge in [-0.3, -0.25) is 0 Å². The van der Waals surface area contributed by atoms with Crippen LogP contribution in [-0.4, -0.2) is 20.0 Å². The third kappa shape index (κ3) is 1.57. The Bertz CT molecular complexity index is 728. The second-order valence-corrected chi connectivity index (χ2v) is 4.49. The maximum absolute atomic E-state index is 4.47. The monoisotopic (exact) mass is 238 g/mol. The Morgan fingerprint density at radius 1 is 0.944 bits per heavy atom. The van der Waals surface area contributed by atoms with Gasteiger partial charge in [0.1, 0.15) is 0 Å². The van der Waals surface area contributed by atoms with Crippen LogP contribution in [0, 0.1) is 20.8 Å². The molecule has 0 saturated carbocycles. The Balaban J connectivity index is 2.37. The van der Waals surface area contributed by atoms with Crippen molar-refractivity contribution in [2.75, 3.05) is 0 Å². The summed E-state index contributed by atoms with van der Waals surface area (Å²) in [5, 5.41) is 15.2. The molecule has 0 aliphatic heterocycles. The highest BCUT2D eigenvalue weighted by Gasteiger charge is 2.11. The van der Waals surface area contributed by atoms with Crippen LogP contribution < -0.4 is 0 Å². The van der Waals surface area contributed by atoms with Gasteiger partial charge in [0.05, 0.1) is 11.4 Å². The molecule has 0 aliphatic rings. The van der Waals surface area contributed by atoms with Gasteiger partial charge in [0.25, 0.3) is 0 Å². The Morgan fingerprint density at radius 2 is 1.67 bits per heavy atom. The number of nitrogens with zero attached hydrogens (tertiary/aromatic N) is 4. The molecule has 0 N–H and O–H groups in total. The first-order chi connectivity index (χ1) is 8.66. The molecule has 3 aromatic rings. The van der Waals surface area contributed by atoms with Crippen LogP contribution in [-0.2, 0) is 0 Å². The molecule has 0 radical (unpaired) electrons. The van der Waals surface area contributed by atoms with Gasteiger partial charge in [0, 0.05) is 16.5 Å². The zero-order chi connectivity index (χ0) is 12.7. The molecule has 0 atom stereocenters. The molecule has 0 unspecified atom stereocenters. The second-order valence-electron chi connectivity index (χ2n) is 4.49. The van der Waals surface area contributed by atoms with Crippen LogP contribution in [0.15, 0.2) is 30.3 Å². The summed E-state index contributed by atoms with van der Waals surface area (Å²) in [6, 6.07) is 10.2. The van der Waals surface area contributed by atoms with Crippen molar-refractivity contribution >= 4 is 10.8 Å². The quantitative estimate of drug-likeness (QED) is 0.654.